The quantitative estimate of drug-likeness (QED) is 0.743. The van der Waals surface area contributed by atoms with Crippen molar-refractivity contribution in [3.05, 3.63) is 59.2 Å². The molecule has 1 heterocycles. The van der Waals surface area contributed by atoms with Crippen LogP contribution in [0.3, 0.4) is 0 Å². The van der Waals surface area contributed by atoms with Crippen molar-refractivity contribution in [1.82, 2.24) is 4.98 Å². The number of anilines is 2. The average Bonchev–Trinajstić information content (AvgIpc) is 2.88. The summed E-state index contributed by atoms with van der Waals surface area (Å²) in [4.78, 5) is 5.37. The lowest BCUT2D eigenvalue weighted by atomic mass is 10.1. The van der Waals surface area contributed by atoms with E-state index in [0.29, 0.717) is 0 Å². The van der Waals surface area contributed by atoms with Gasteiger partial charge in [0, 0.05) is 42.8 Å². The minimum atomic E-state index is 0.738. The number of fused-ring (bicyclic) bond motifs is 1. The van der Waals surface area contributed by atoms with E-state index < -0.39 is 0 Å². The first-order chi connectivity index (χ1) is 10.1. The minimum absolute atomic E-state index is 0.738. The predicted octanol–water partition coefficient (Wildman–Crippen LogP) is 4.50. The molecule has 0 fully saturated rings. The van der Waals surface area contributed by atoms with Crippen LogP contribution in [-0.4, -0.2) is 19.1 Å². The summed E-state index contributed by atoms with van der Waals surface area (Å²) in [5.41, 5.74) is 4.57. The molecule has 0 aliphatic heterocycles. The maximum Gasteiger partial charge on any atom is 0.0597 e. The Labute approximate surface area is 129 Å². The van der Waals surface area contributed by atoms with Gasteiger partial charge in [-0.25, -0.2) is 0 Å². The van der Waals surface area contributed by atoms with Crippen molar-refractivity contribution in [2.24, 2.45) is 0 Å². The zero-order valence-corrected chi connectivity index (χ0v) is 12.9. The highest BCUT2D eigenvalue weighted by atomic mass is 35.5. The Morgan fingerprint density at radius 3 is 2.76 bits per heavy atom. The van der Waals surface area contributed by atoms with E-state index >= 15 is 0 Å². The van der Waals surface area contributed by atoms with Crippen molar-refractivity contribution < 1.29 is 0 Å². The normalized spacial score (nSPS) is 10.8. The molecule has 0 unspecified atom stereocenters. The van der Waals surface area contributed by atoms with E-state index in [-0.39, 0.29) is 0 Å². The number of benzene rings is 2. The number of nitrogens with zero attached hydrogens (tertiary/aromatic N) is 1. The highest BCUT2D eigenvalue weighted by Crippen LogP contribution is 2.29. The molecule has 1 aromatic heterocycles. The number of aromatic amines is 1. The molecule has 4 heteroatoms. The first-order valence-corrected chi connectivity index (χ1v) is 7.28. The highest BCUT2D eigenvalue weighted by Gasteiger charge is 2.07. The molecule has 0 radical (unpaired) electrons. The van der Waals surface area contributed by atoms with Gasteiger partial charge < -0.3 is 15.2 Å². The highest BCUT2D eigenvalue weighted by molar-refractivity contribution is 6.31. The van der Waals surface area contributed by atoms with Crippen LogP contribution in [-0.2, 0) is 6.54 Å². The van der Waals surface area contributed by atoms with E-state index in [1.165, 1.54) is 10.9 Å². The molecule has 0 saturated carbocycles. The zero-order valence-electron chi connectivity index (χ0n) is 12.2. The smallest absolute Gasteiger partial charge is 0.0597 e. The summed E-state index contributed by atoms with van der Waals surface area (Å²) >= 11 is 6.11. The summed E-state index contributed by atoms with van der Waals surface area (Å²) < 4.78 is 0. The van der Waals surface area contributed by atoms with Gasteiger partial charge in [-0.1, -0.05) is 29.8 Å². The summed E-state index contributed by atoms with van der Waals surface area (Å²) in [6.07, 6.45) is 2.05. The lowest BCUT2D eigenvalue weighted by Gasteiger charge is -2.18. The number of hydrogen-bond acceptors (Lipinski definition) is 2. The molecular formula is C17H18ClN3. The fourth-order valence-corrected chi connectivity index (χ4v) is 2.68. The van der Waals surface area contributed by atoms with Crippen molar-refractivity contribution in [2.75, 3.05) is 24.3 Å². The van der Waals surface area contributed by atoms with E-state index in [2.05, 4.69) is 39.6 Å². The molecule has 2 aromatic carbocycles. The number of nitrogens with one attached hydrogen (secondary N) is 2. The number of para-hydroxylation sites is 1. The molecule has 3 aromatic rings. The Hall–Kier alpha value is -2.13. The third kappa shape index (κ3) is 2.83. The van der Waals surface area contributed by atoms with E-state index in [1.54, 1.807) is 0 Å². The van der Waals surface area contributed by atoms with Gasteiger partial charge in [-0.05, 0) is 29.8 Å². The Morgan fingerprint density at radius 1 is 1.14 bits per heavy atom. The molecule has 0 aliphatic rings. The molecule has 21 heavy (non-hydrogen) atoms. The number of halogens is 1. The van der Waals surface area contributed by atoms with Crippen molar-refractivity contribution in [3.8, 4) is 0 Å². The number of H-pyrrole nitrogens is 1. The third-order valence-corrected chi connectivity index (χ3v) is 3.82. The fraction of sp³-hybridized carbons (Fsp3) is 0.176. The Bertz CT molecular complexity index is 762. The Kier molecular flexibility index (Phi) is 3.76. The molecule has 108 valence electrons. The molecule has 0 aliphatic carbocycles. The van der Waals surface area contributed by atoms with Gasteiger partial charge in [0.1, 0.15) is 0 Å². The lowest BCUT2D eigenvalue weighted by molar-refractivity contribution is 1.10. The van der Waals surface area contributed by atoms with E-state index in [9.17, 15) is 0 Å². The molecule has 0 saturated heterocycles. The van der Waals surface area contributed by atoms with Gasteiger partial charge in [0.2, 0.25) is 0 Å². The molecule has 3 nitrogen and oxygen atoms in total. The van der Waals surface area contributed by atoms with Gasteiger partial charge >= 0.3 is 0 Å². The number of hydrogen-bond donors (Lipinski definition) is 2. The second-order valence-electron chi connectivity index (χ2n) is 5.27. The summed E-state index contributed by atoms with van der Waals surface area (Å²) in [7, 11) is 4.06. The summed E-state index contributed by atoms with van der Waals surface area (Å²) in [6, 6.07) is 14.2. The molecule has 0 spiro atoms. The maximum atomic E-state index is 6.11. The second-order valence-corrected chi connectivity index (χ2v) is 5.71. The van der Waals surface area contributed by atoms with Gasteiger partial charge in [-0.2, -0.15) is 0 Å². The topological polar surface area (TPSA) is 31.1 Å². The van der Waals surface area contributed by atoms with E-state index in [4.69, 9.17) is 11.6 Å². The monoisotopic (exact) mass is 299 g/mol. The Balaban J connectivity index is 1.86. The van der Waals surface area contributed by atoms with Crippen LogP contribution in [0.1, 0.15) is 5.56 Å². The van der Waals surface area contributed by atoms with Gasteiger partial charge in [0.25, 0.3) is 0 Å². The Morgan fingerprint density at radius 2 is 1.95 bits per heavy atom. The van der Waals surface area contributed by atoms with Crippen LogP contribution in [0.2, 0.25) is 5.02 Å². The first kappa shape index (κ1) is 13.8. The maximum absolute atomic E-state index is 6.11. The van der Waals surface area contributed by atoms with Crippen LogP contribution in [0.15, 0.2) is 48.7 Å². The molecule has 0 atom stereocenters. The molecule has 0 amide bonds. The standard InChI is InChI=1S/C17H18ClN3/c1-21(2)17-8-7-13(18)9-16(17)20-11-12-10-19-15-6-4-3-5-14(12)15/h3-10,19-20H,11H2,1-2H3. The van der Waals surface area contributed by atoms with E-state index in [1.807, 2.05) is 38.4 Å². The van der Waals surface area contributed by atoms with Crippen molar-refractivity contribution >= 4 is 33.9 Å². The van der Waals surface area contributed by atoms with Crippen LogP contribution in [0, 0.1) is 0 Å². The van der Waals surface area contributed by atoms with E-state index in [0.717, 1.165) is 28.5 Å². The van der Waals surface area contributed by atoms with Crippen molar-refractivity contribution in [2.45, 2.75) is 6.54 Å². The van der Waals surface area contributed by atoms with Crippen LogP contribution < -0.4 is 10.2 Å². The number of rotatable bonds is 4. The van der Waals surface area contributed by atoms with Crippen molar-refractivity contribution in [1.29, 1.82) is 0 Å². The molecule has 3 rings (SSSR count). The molecule has 0 bridgehead atoms. The van der Waals surface area contributed by atoms with Gasteiger partial charge in [-0.15, -0.1) is 0 Å². The SMILES string of the molecule is CN(C)c1ccc(Cl)cc1NCc1c[nH]c2ccccc12. The minimum Gasteiger partial charge on any atom is -0.379 e. The summed E-state index contributed by atoms with van der Waals surface area (Å²) in [5.74, 6) is 0. The van der Waals surface area contributed by atoms with Crippen molar-refractivity contribution in [3.63, 3.8) is 0 Å². The molecular weight excluding hydrogens is 282 g/mol. The van der Waals surface area contributed by atoms with Gasteiger partial charge in [0.05, 0.1) is 11.4 Å². The predicted molar refractivity (Wildman–Crippen MR) is 91.4 cm³/mol. The van der Waals surface area contributed by atoms with Crippen LogP contribution >= 0.6 is 11.6 Å². The van der Waals surface area contributed by atoms with Gasteiger partial charge in [0.15, 0.2) is 0 Å². The average molecular weight is 300 g/mol. The lowest BCUT2D eigenvalue weighted by Crippen LogP contribution is -2.12. The summed E-state index contributed by atoms with van der Waals surface area (Å²) in [6.45, 7) is 0.755. The van der Waals surface area contributed by atoms with Crippen LogP contribution in [0.4, 0.5) is 11.4 Å². The van der Waals surface area contributed by atoms with Gasteiger partial charge in [-0.3, -0.25) is 0 Å². The fourth-order valence-electron chi connectivity index (χ4n) is 2.51. The zero-order chi connectivity index (χ0) is 14.8. The number of aromatic nitrogens is 1. The first-order valence-electron chi connectivity index (χ1n) is 6.91. The van der Waals surface area contributed by atoms with Crippen LogP contribution in [0.25, 0.3) is 10.9 Å². The summed E-state index contributed by atoms with van der Waals surface area (Å²) in [5, 5.41) is 5.47. The largest absolute Gasteiger partial charge is 0.379 e. The third-order valence-electron chi connectivity index (χ3n) is 3.58. The van der Waals surface area contributed by atoms with Crippen LogP contribution in [0.5, 0.6) is 0 Å². The second kappa shape index (κ2) is 5.70. The molecule has 2 N–H and O–H groups in total.